The number of hydrogen-bond donors (Lipinski definition) is 1. The average molecular weight is 382 g/mol. The van der Waals surface area contributed by atoms with E-state index in [1.165, 1.54) is 11.6 Å². The third kappa shape index (κ3) is 4.49. The maximum atomic E-state index is 12.5. The highest BCUT2D eigenvalue weighted by Crippen LogP contribution is 2.37. The van der Waals surface area contributed by atoms with E-state index in [1.807, 2.05) is 24.3 Å². The predicted molar refractivity (Wildman–Crippen MR) is 94.0 cm³/mol. The van der Waals surface area contributed by atoms with Crippen LogP contribution in [-0.4, -0.2) is 29.9 Å². The van der Waals surface area contributed by atoms with Crippen LogP contribution < -0.4 is 5.32 Å². The minimum absolute atomic E-state index is 0.112. The quantitative estimate of drug-likeness (QED) is 0.624. The van der Waals surface area contributed by atoms with Gasteiger partial charge in [-0.05, 0) is 35.4 Å². The molecule has 1 atom stereocenters. The second-order valence-corrected chi connectivity index (χ2v) is 6.94. The van der Waals surface area contributed by atoms with Crippen LogP contribution in [0.1, 0.15) is 21.9 Å². The molecule has 0 unspecified atom stereocenters. The number of halogens is 3. The van der Waals surface area contributed by atoms with E-state index in [1.54, 1.807) is 11.8 Å². The van der Waals surface area contributed by atoms with E-state index in [0.717, 1.165) is 30.0 Å². The highest BCUT2D eigenvalue weighted by atomic mass is 32.2. The van der Waals surface area contributed by atoms with E-state index in [4.69, 9.17) is 4.74 Å². The molecule has 0 saturated carbocycles. The number of ether oxygens (including phenoxy) is 1. The van der Waals surface area contributed by atoms with Gasteiger partial charge in [0, 0.05) is 6.20 Å². The maximum absolute atomic E-state index is 12.5. The molecule has 2 aromatic rings. The van der Waals surface area contributed by atoms with Gasteiger partial charge in [0.25, 0.3) is 0 Å². The largest absolute Gasteiger partial charge is 0.463 e. The zero-order valence-electron chi connectivity index (χ0n) is 13.8. The molecule has 0 spiro atoms. The number of aryl methyl sites for hydroxylation is 1. The van der Waals surface area contributed by atoms with Crippen LogP contribution in [-0.2, 0) is 22.1 Å². The molecule has 1 N–H and O–H groups in total. The van der Waals surface area contributed by atoms with Gasteiger partial charge in [-0.1, -0.05) is 24.3 Å². The van der Waals surface area contributed by atoms with Crippen molar-refractivity contribution in [2.75, 3.05) is 24.2 Å². The summed E-state index contributed by atoms with van der Waals surface area (Å²) in [5.74, 6) is 0.862. The standard InChI is InChI=1S/C18H17F3N2O2S/c19-18(20,21)13-5-6-15(23-11-13)22-8-9-25-17(24)16-14-4-2-1-3-12(14)7-10-26-16/h1-6,11,16H,7-10H2,(H,22,23)/t16-/m1/s1. The zero-order chi connectivity index (χ0) is 18.6. The first-order valence-electron chi connectivity index (χ1n) is 8.08. The van der Waals surface area contributed by atoms with Gasteiger partial charge in [-0.15, -0.1) is 11.8 Å². The van der Waals surface area contributed by atoms with Crippen molar-refractivity contribution < 1.29 is 22.7 Å². The SMILES string of the molecule is O=C(OCCNc1ccc(C(F)(F)F)cn1)[C@@H]1SCCc2ccccc21. The Labute approximate surface area is 153 Å². The van der Waals surface area contributed by atoms with Gasteiger partial charge in [-0.3, -0.25) is 4.79 Å². The molecule has 138 valence electrons. The first kappa shape index (κ1) is 18.6. The lowest BCUT2D eigenvalue weighted by Crippen LogP contribution is -2.21. The number of nitrogens with one attached hydrogen (secondary N) is 1. The van der Waals surface area contributed by atoms with Crippen molar-refractivity contribution in [3.63, 3.8) is 0 Å². The summed E-state index contributed by atoms with van der Waals surface area (Å²) in [5, 5.41) is 2.51. The molecule has 2 heterocycles. The number of rotatable bonds is 5. The van der Waals surface area contributed by atoms with Crippen LogP contribution in [0.2, 0.25) is 0 Å². The summed E-state index contributed by atoms with van der Waals surface area (Å²) in [5.41, 5.74) is 1.36. The molecule has 0 aliphatic carbocycles. The normalized spacial score (nSPS) is 16.7. The van der Waals surface area contributed by atoms with Crippen molar-refractivity contribution in [3.05, 3.63) is 59.3 Å². The van der Waals surface area contributed by atoms with E-state index in [2.05, 4.69) is 10.3 Å². The van der Waals surface area contributed by atoms with Crippen LogP contribution in [0.5, 0.6) is 0 Å². The number of thioether (sulfide) groups is 1. The number of benzene rings is 1. The number of hydrogen-bond acceptors (Lipinski definition) is 5. The maximum Gasteiger partial charge on any atom is 0.417 e. The molecule has 1 aliphatic rings. The Bertz CT molecular complexity index is 766. The number of carbonyl (C=O) groups excluding carboxylic acids is 1. The predicted octanol–water partition coefficient (Wildman–Crippen LogP) is 4.09. The third-order valence-corrected chi connectivity index (χ3v) is 5.17. The van der Waals surface area contributed by atoms with Crippen molar-refractivity contribution >= 4 is 23.5 Å². The summed E-state index contributed by atoms with van der Waals surface area (Å²) >= 11 is 1.56. The molecule has 1 aromatic heterocycles. The minimum Gasteiger partial charge on any atom is -0.463 e. The summed E-state index contributed by atoms with van der Waals surface area (Å²) in [4.78, 5) is 16.0. The Hall–Kier alpha value is -2.22. The number of anilines is 1. The summed E-state index contributed by atoms with van der Waals surface area (Å²) in [6, 6.07) is 10.0. The van der Waals surface area contributed by atoms with Gasteiger partial charge < -0.3 is 10.1 Å². The summed E-state index contributed by atoms with van der Waals surface area (Å²) < 4.78 is 42.7. The molecule has 8 heteroatoms. The van der Waals surface area contributed by atoms with E-state index < -0.39 is 11.7 Å². The smallest absolute Gasteiger partial charge is 0.417 e. The summed E-state index contributed by atoms with van der Waals surface area (Å²) in [6.45, 7) is 0.379. The number of nitrogens with zero attached hydrogens (tertiary/aromatic N) is 1. The lowest BCUT2D eigenvalue weighted by Gasteiger charge is -2.23. The van der Waals surface area contributed by atoms with Gasteiger partial charge in [-0.25, -0.2) is 4.98 Å². The number of alkyl halides is 3. The second-order valence-electron chi connectivity index (χ2n) is 5.72. The molecule has 3 rings (SSSR count). The van der Waals surface area contributed by atoms with Crippen molar-refractivity contribution in [2.45, 2.75) is 17.8 Å². The lowest BCUT2D eigenvalue weighted by molar-refractivity contribution is -0.142. The van der Waals surface area contributed by atoms with Crippen LogP contribution in [0.15, 0.2) is 42.6 Å². The summed E-state index contributed by atoms with van der Waals surface area (Å²) in [6.07, 6.45) is -2.70. The van der Waals surface area contributed by atoms with E-state index in [9.17, 15) is 18.0 Å². The Balaban J connectivity index is 1.48. The Morgan fingerprint density at radius 1 is 1.27 bits per heavy atom. The Kier molecular flexibility index (Phi) is 5.70. The first-order chi connectivity index (χ1) is 12.4. The molecule has 0 fully saturated rings. The number of aromatic nitrogens is 1. The van der Waals surface area contributed by atoms with E-state index in [-0.39, 0.29) is 24.4 Å². The molecular weight excluding hydrogens is 365 g/mol. The fourth-order valence-electron chi connectivity index (χ4n) is 2.66. The van der Waals surface area contributed by atoms with Gasteiger partial charge in [0.2, 0.25) is 0 Å². The van der Waals surface area contributed by atoms with Crippen LogP contribution >= 0.6 is 11.8 Å². The molecule has 0 radical (unpaired) electrons. The van der Waals surface area contributed by atoms with Crippen LogP contribution in [0.25, 0.3) is 0 Å². The Morgan fingerprint density at radius 3 is 2.81 bits per heavy atom. The second kappa shape index (κ2) is 7.99. The molecule has 4 nitrogen and oxygen atoms in total. The fourth-order valence-corrected chi connectivity index (χ4v) is 3.85. The van der Waals surface area contributed by atoms with E-state index >= 15 is 0 Å². The minimum atomic E-state index is -4.41. The van der Waals surface area contributed by atoms with Gasteiger partial charge in [0.15, 0.2) is 0 Å². The number of fused-ring (bicyclic) bond motifs is 1. The zero-order valence-corrected chi connectivity index (χ0v) is 14.6. The molecule has 1 aliphatic heterocycles. The fraction of sp³-hybridized carbons (Fsp3) is 0.333. The molecule has 0 saturated heterocycles. The third-order valence-electron chi connectivity index (χ3n) is 3.95. The van der Waals surface area contributed by atoms with Crippen molar-refractivity contribution in [1.82, 2.24) is 4.98 Å². The average Bonchev–Trinajstić information content (AvgIpc) is 2.64. The molecule has 0 amide bonds. The number of pyridine rings is 1. The molecular formula is C18H17F3N2O2S. The van der Waals surface area contributed by atoms with Gasteiger partial charge in [-0.2, -0.15) is 13.2 Å². The summed E-state index contributed by atoms with van der Waals surface area (Å²) in [7, 11) is 0. The highest BCUT2D eigenvalue weighted by Gasteiger charge is 2.30. The Morgan fingerprint density at radius 2 is 2.08 bits per heavy atom. The van der Waals surface area contributed by atoms with Gasteiger partial charge in [0.1, 0.15) is 17.7 Å². The van der Waals surface area contributed by atoms with Crippen LogP contribution in [0, 0.1) is 0 Å². The monoisotopic (exact) mass is 382 g/mol. The van der Waals surface area contributed by atoms with Crippen LogP contribution in [0.3, 0.4) is 0 Å². The first-order valence-corrected chi connectivity index (χ1v) is 9.13. The van der Waals surface area contributed by atoms with Gasteiger partial charge >= 0.3 is 12.1 Å². The molecule has 26 heavy (non-hydrogen) atoms. The molecule has 0 bridgehead atoms. The highest BCUT2D eigenvalue weighted by molar-refractivity contribution is 8.00. The number of carbonyl (C=O) groups is 1. The van der Waals surface area contributed by atoms with Crippen molar-refractivity contribution in [3.8, 4) is 0 Å². The van der Waals surface area contributed by atoms with Crippen LogP contribution in [0.4, 0.5) is 19.0 Å². The molecule has 1 aromatic carbocycles. The number of esters is 1. The van der Waals surface area contributed by atoms with Crippen molar-refractivity contribution in [1.29, 1.82) is 0 Å². The van der Waals surface area contributed by atoms with Gasteiger partial charge in [0.05, 0.1) is 12.1 Å². The lowest BCUT2D eigenvalue weighted by atomic mass is 10.0. The van der Waals surface area contributed by atoms with E-state index in [0.29, 0.717) is 5.82 Å². The van der Waals surface area contributed by atoms with Crippen molar-refractivity contribution in [2.24, 2.45) is 0 Å². The topological polar surface area (TPSA) is 51.2 Å².